The van der Waals surface area contributed by atoms with Crippen molar-refractivity contribution in [2.45, 2.75) is 19.9 Å². The van der Waals surface area contributed by atoms with Crippen molar-refractivity contribution in [3.8, 4) is 5.75 Å². The molecule has 0 aliphatic heterocycles. The van der Waals surface area contributed by atoms with Gasteiger partial charge in [0, 0.05) is 6.54 Å². The fourth-order valence-electron chi connectivity index (χ4n) is 1.55. The zero-order valence-electron chi connectivity index (χ0n) is 8.47. The van der Waals surface area contributed by atoms with Crippen LogP contribution in [0.15, 0.2) is 29.3 Å². The Bertz CT molecular complexity index is 546. The minimum absolute atomic E-state index is 0.0932. The van der Waals surface area contributed by atoms with E-state index in [1.807, 2.05) is 6.92 Å². The maximum Gasteiger partial charge on any atom is 0.261 e. The van der Waals surface area contributed by atoms with Crippen molar-refractivity contribution in [2.75, 3.05) is 0 Å². The Kier molecular flexibility index (Phi) is 2.41. The van der Waals surface area contributed by atoms with E-state index >= 15 is 0 Å². The van der Waals surface area contributed by atoms with Gasteiger partial charge in [-0.25, -0.2) is 4.98 Å². The van der Waals surface area contributed by atoms with E-state index in [0.29, 0.717) is 17.4 Å². The summed E-state index contributed by atoms with van der Waals surface area (Å²) in [6.07, 6.45) is 2.43. The number of benzene rings is 1. The number of hydrogen-bond donors (Lipinski definition) is 1. The molecule has 1 heterocycles. The lowest BCUT2D eigenvalue weighted by atomic mass is 10.2. The summed E-state index contributed by atoms with van der Waals surface area (Å²) in [7, 11) is 0. The van der Waals surface area contributed by atoms with Crippen LogP contribution >= 0.6 is 0 Å². The van der Waals surface area contributed by atoms with Crippen LogP contribution in [-0.2, 0) is 6.54 Å². The summed E-state index contributed by atoms with van der Waals surface area (Å²) in [4.78, 5) is 16.0. The minimum atomic E-state index is -0.0993. The molecular weight excluding hydrogens is 192 g/mol. The molecule has 4 nitrogen and oxygen atoms in total. The van der Waals surface area contributed by atoms with E-state index in [4.69, 9.17) is 0 Å². The second-order valence-electron chi connectivity index (χ2n) is 3.44. The van der Waals surface area contributed by atoms with Crippen LogP contribution in [0.3, 0.4) is 0 Å². The first-order valence-electron chi connectivity index (χ1n) is 4.90. The van der Waals surface area contributed by atoms with Gasteiger partial charge in [-0.3, -0.25) is 9.36 Å². The van der Waals surface area contributed by atoms with Gasteiger partial charge in [-0.2, -0.15) is 0 Å². The van der Waals surface area contributed by atoms with Crippen molar-refractivity contribution < 1.29 is 5.11 Å². The molecule has 15 heavy (non-hydrogen) atoms. The number of aromatic hydroxyl groups is 1. The van der Waals surface area contributed by atoms with Gasteiger partial charge in [-0.1, -0.05) is 6.92 Å². The molecule has 1 aromatic carbocycles. The van der Waals surface area contributed by atoms with Gasteiger partial charge in [0.15, 0.2) is 0 Å². The Hall–Kier alpha value is -1.84. The average Bonchev–Trinajstić information content (AvgIpc) is 2.23. The molecule has 2 aromatic rings. The van der Waals surface area contributed by atoms with Crippen molar-refractivity contribution in [1.82, 2.24) is 9.55 Å². The molecule has 0 radical (unpaired) electrons. The molecule has 2 rings (SSSR count). The molecule has 0 saturated carbocycles. The molecule has 0 aliphatic rings. The highest BCUT2D eigenvalue weighted by atomic mass is 16.3. The van der Waals surface area contributed by atoms with Crippen LogP contribution in [0.1, 0.15) is 13.3 Å². The summed E-state index contributed by atoms with van der Waals surface area (Å²) < 4.78 is 1.56. The summed E-state index contributed by atoms with van der Waals surface area (Å²) >= 11 is 0. The molecule has 0 spiro atoms. The fourth-order valence-corrected chi connectivity index (χ4v) is 1.55. The lowest BCUT2D eigenvalue weighted by Crippen LogP contribution is -2.20. The van der Waals surface area contributed by atoms with Gasteiger partial charge in [0.1, 0.15) is 5.75 Å². The van der Waals surface area contributed by atoms with Gasteiger partial charge < -0.3 is 5.11 Å². The Morgan fingerprint density at radius 3 is 3.00 bits per heavy atom. The highest BCUT2D eigenvalue weighted by Gasteiger charge is 2.03. The Morgan fingerprint density at radius 2 is 2.27 bits per heavy atom. The third-order valence-electron chi connectivity index (χ3n) is 2.27. The number of phenols is 1. The molecule has 0 aliphatic carbocycles. The molecule has 0 amide bonds. The van der Waals surface area contributed by atoms with Gasteiger partial charge >= 0.3 is 0 Å². The molecule has 78 valence electrons. The second kappa shape index (κ2) is 3.73. The van der Waals surface area contributed by atoms with E-state index in [-0.39, 0.29) is 11.3 Å². The van der Waals surface area contributed by atoms with E-state index in [1.165, 1.54) is 12.1 Å². The Balaban J connectivity index is 2.71. The quantitative estimate of drug-likeness (QED) is 0.806. The standard InChI is InChI=1S/C11H12N2O2/c1-2-5-13-7-12-10-4-3-8(14)6-9(10)11(13)15/h3-4,6-7,14H,2,5H2,1H3. The number of phenolic OH excluding ortho intramolecular Hbond substituents is 1. The first-order chi connectivity index (χ1) is 7.22. The van der Waals surface area contributed by atoms with Crippen LogP contribution in [0.5, 0.6) is 5.75 Å². The predicted octanol–water partition coefficient (Wildman–Crippen LogP) is 1.51. The van der Waals surface area contributed by atoms with Crippen molar-refractivity contribution in [2.24, 2.45) is 0 Å². The minimum Gasteiger partial charge on any atom is -0.508 e. The van der Waals surface area contributed by atoms with Crippen LogP contribution in [0.4, 0.5) is 0 Å². The SMILES string of the molecule is CCCn1cnc2ccc(O)cc2c1=O. The van der Waals surface area contributed by atoms with E-state index in [9.17, 15) is 9.90 Å². The highest BCUT2D eigenvalue weighted by molar-refractivity contribution is 5.78. The monoisotopic (exact) mass is 204 g/mol. The third-order valence-corrected chi connectivity index (χ3v) is 2.27. The number of aryl methyl sites for hydroxylation is 1. The van der Waals surface area contributed by atoms with Crippen molar-refractivity contribution >= 4 is 10.9 Å². The second-order valence-corrected chi connectivity index (χ2v) is 3.44. The molecule has 0 saturated heterocycles. The topological polar surface area (TPSA) is 55.1 Å². The third kappa shape index (κ3) is 1.70. The number of rotatable bonds is 2. The first-order valence-corrected chi connectivity index (χ1v) is 4.90. The number of hydrogen-bond acceptors (Lipinski definition) is 3. The van der Waals surface area contributed by atoms with Crippen LogP contribution < -0.4 is 5.56 Å². The van der Waals surface area contributed by atoms with E-state index in [2.05, 4.69) is 4.98 Å². The maximum atomic E-state index is 11.9. The molecule has 0 atom stereocenters. The summed E-state index contributed by atoms with van der Waals surface area (Å²) in [5, 5.41) is 9.76. The predicted molar refractivity (Wildman–Crippen MR) is 58.0 cm³/mol. The van der Waals surface area contributed by atoms with Crippen molar-refractivity contribution in [1.29, 1.82) is 0 Å². The normalized spacial score (nSPS) is 10.7. The Labute approximate surface area is 86.8 Å². The maximum absolute atomic E-state index is 11.9. The summed E-state index contributed by atoms with van der Waals surface area (Å²) in [6, 6.07) is 4.62. The molecule has 1 aromatic heterocycles. The summed E-state index contributed by atoms with van der Waals surface area (Å²) in [5.41, 5.74) is 0.517. The lowest BCUT2D eigenvalue weighted by molar-refractivity contribution is 0.476. The van der Waals surface area contributed by atoms with Crippen LogP contribution in [-0.4, -0.2) is 14.7 Å². The zero-order valence-corrected chi connectivity index (χ0v) is 8.47. The highest BCUT2D eigenvalue weighted by Crippen LogP contribution is 2.14. The van der Waals surface area contributed by atoms with Gasteiger partial charge in [0.2, 0.25) is 0 Å². The summed E-state index contributed by atoms with van der Waals surface area (Å²) in [5.74, 6) is 0.0932. The van der Waals surface area contributed by atoms with Crippen LogP contribution in [0.2, 0.25) is 0 Å². The Morgan fingerprint density at radius 1 is 1.47 bits per heavy atom. The fraction of sp³-hybridized carbons (Fsp3) is 0.273. The van der Waals surface area contributed by atoms with Crippen molar-refractivity contribution in [3.63, 3.8) is 0 Å². The van der Waals surface area contributed by atoms with Crippen LogP contribution in [0, 0.1) is 0 Å². The summed E-state index contributed by atoms with van der Waals surface area (Å²) in [6.45, 7) is 2.65. The zero-order chi connectivity index (χ0) is 10.8. The van der Waals surface area contributed by atoms with Gasteiger partial charge in [0.05, 0.1) is 17.2 Å². The molecule has 1 N–H and O–H groups in total. The number of aromatic nitrogens is 2. The van der Waals surface area contributed by atoms with Crippen molar-refractivity contribution in [3.05, 3.63) is 34.9 Å². The molecule has 0 unspecified atom stereocenters. The lowest BCUT2D eigenvalue weighted by Gasteiger charge is -2.04. The average molecular weight is 204 g/mol. The smallest absolute Gasteiger partial charge is 0.261 e. The largest absolute Gasteiger partial charge is 0.508 e. The first kappa shape index (κ1) is 9.71. The molecule has 0 fully saturated rings. The van der Waals surface area contributed by atoms with E-state index < -0.39 is 0 Å². The van der Waals surface area contributed by atoms with E-state index in [0.717, 1.165) is 6.42 Å². The molecule has 0 bridgehead atoms. The van der Waals surface area contributed by atoms with Gasteiger partial charge in [-0.15, -0.1) is 0 Å². The van der Waals surface area contributed by atoms with E-state index in [1.54, 1.807) is 17.0 Å². The number of nitrogens with zero attached hydrogens (tertiary/aromatic N) is 2. The molecular formula is C11H12N2O2. The van der Waals surface area contributed by atoms with Gasteiger partial charge in [-0.05, 0) is 24.6 Å². The number of fused-ring (bicyclic) bond motifs is 1. The van der Waals surface area contributed by atoms with Gasteiger partial charge in [0.25, 0.3) is 5.56 Å². The van der Waals surface area contributed by atoms with Crippen LogP contribution in [0.25, 0.3) is 10.9 Å². The molecule has 4 heteroatoms.